The lowest BCUT2D eigenvalue weighted by Crippen LogP contribution is -2.52. The van der Waals surface area contributed by atoms with E-state index in [4.69, 9.17) is 0 Å². The SMILES string of the molecule is CC(C)[C@@H](C)/C=C/[C@@H](C)[C@H]1CC[C@H]2C3=CC[C@H]4C[C@H](N(C)S(=O)(=O)c5ccccc5[N+](=O)[O-])CC[C@]4(C)[C@H]3CC[C@]12C. The molecular formula is C35H52N2O4S. The van der Waals surface area contributed by atoms with E-state index in [9.17, 15) is 18.5 Å². The predicted molar refractivity (Wildman–Crippen MR) is 169 cm³/mol. The Bertz CT molecular complexity index is 1350. The summed E-state index contributed by atoms with van der Waals surface area (Å²) < 4.78 is 28.6. The highest BCUT2D eigenvalue weighted by Crippen LogP contribution is 2.67. The Balaban J connectivity index is 1.33. The topological polar surface area (TPSA) is 80.5 Å². The van der Waals surface area contributed by atoms with E-state index in [2.05, 4.69) is 59.8 Å². The van der Waals surface area contributed by atoms with Crippen LogP contribution < -0.4 is 0 Å². The van der Waals surface area contributed by atoms with Gasteiger partial charge in [-0.15, -0.1) is 0 Å². The number of rotatable bonds is 8. The first-order valence-electron chi connectivity index (χ1n) is 16.3. The van der Waals surface area contributed by atoms with Gasteiger partial charge in [-0.1, -0.05) is 77.5 Å². The lowest BCUT2D eigenvalue weighted by Gasteiger charge is -2.58. The number of nitro groups is 1. The van der Waals surface area contributed by atoms with E-state index in [1.807, 2.05) is 0 Å². The molecule has 0 heterocycles. The van der Waals surface area contributed by atoms with Gasteiger partial charge in [0, 0.05) is 19.2 Å². The number of para-hydroxylation sites is 1. The van der Waals surface area contributed by atoms with Gasteiger partial charge in [-0.2, -0.15) is 4.31 Å². The Morgan fingerprint density at radius 1 is 0.976 bits per heavy atom. The normalized spacial score (nSPS) is 36.3. The lowest BCUT2D eigenvalue weighted by molar-refractivity contribution is -0.387. The quantitative estimate of drug-likeness (QED) is 0.171. The lowest BCUT2D eigenvalue weighted by atomic mass is 9.47. The molecule has 9 atom stereocenters. The zero-order valence-corrected chi connectivity index (χ0v) is 27.6. The number of hydrogen-bond acceptors (Lipinski definition) is 4. The van der Waals surface area contributed by atoms with Crippen LogP contribution in [0.1, 0.15) is 92.9 Å². The minimum atomic E-state index is -3.97. The molecule has 0 radical (unpaired) electrons. The van der Waals surface area contributed by atoms with Gasteiger partial charge in [0.1, 0.15) is 0 Å². The van der Waals surface area contributed by atoms with Crippen LogP contribution in [-0.4, -0.2) is 30.7 Å². The van der Waals surface area contributed by atoms with Gasteiger partial charge in [0.05, 0.1) is 4.92 Å². The molecule has 0 unspecified atom stereocenters. The van der Waals surface area contributed by atoms with Gasteiger partial charge >= 0.3 is 0 Å². The number of nitrogens with zero attached hydrogens (tertiary/aromatic N) is 2. The van der Waals surface area contributed by atoms with Crippen molar-refractivity contribution in [1.29, 1.82) is 0 Å². The zero-order valence-electron chi connectivity index (χ0n) is 26.8. The van der Waals surface area contributed by atoms with Crippen molar-refractivity contribution in [3.63, 3.8) is 0 Å². The number of allylic oxidation sites excluding steroid dienone is 4. The van der Waals surface area contributed by atoms with E-state index in [0.717, 1.165) is 31.6 Å². The first kappa shape index (κ1) is 31.4. The molecule has 1 aromatic carbocycles. The maximum atomic E-state index is 13.6. The fourth-order valence-corrected chi connectivity index (χ4v) is 11.2. The highest BCUT2D eigenvalue weighted by Gasteiger charge is 2.58. The molecule has 0 bridgehead atoms. The Morgan fingerprint density at radius 2 is 1.64 bits per heavy atom. The van der Waals surface area contributed by atoms with E-state index in [0.29, 0.717) is 40.9 Å². The van der Waals surface area contributed by atoms with E-state index >= 15 is 0 Å². The van der Waals surface area contributed by atoms with E-state index in [1.165, 1.54) is 48.2 Å². The molecule has 0 spiro atoms. The average Bonchev–Trinajstić information content (AvgIpc) is 3.32. The summed E-state index contributed by atoms with van der Waals surface area (Å²) in [5.74, 6) is 4.27. The summed E-state index contributed by atoms with van der Waals surface area (Å²) >= 11 is 0. The molecule has 0 N–H and O–H groups in total. The predicted octanol–water partition coefficient (Wildman–Crippen LogP) is 8.65. The largest absolute Gasteiger partial charge is 0.289 e. The number of nitro benzene ring substituents is 1. The van der Waals surface area contributed by atoms with Crippen LogP contribution in [0.4, 0.5) is 5.69 Å². The second-order valence-electron chi connectivity index (χ2n) is 15.0. The van der Waals surface area contributed by atoms with E-state index < -0.39 is 14.9 Å². The highest BCUT2D eigenvalue weighted by molar-refractivity contribution is 7.89. The van der Waals surface area contributed by atoms with Gasteiger partial charge in [-0.05, 0) is 110 Å². The molecule has 0 saturated heterocycles. The molecule has 5 rings (SSSR count). The molecule has 4 aliphatic carbocycles. The Hall–Kier alpha value is -1.99. The minimum Gasteiger partial charge on any atom is -0.258 e. The molecule has 42 heavy (non-hydrogen) atoms. The zero-order chi connectivity index (χ0) is 30.6. The van der Waals surface area contributed by atoms with Crippen LogP contribution in [0.5, 0.6) is 0 Å². The van der Waals surface area contributed by atoms with Gasteiger partial charge in [0.25, 0.3) is 5.69 Å². The van der Waals surface area contributed by atoms with Crippen LogP contribution >= 0.6 is 0 Å². The second-order valence-corrected chi connectivity index (χ2v) is 17.0. The molecule has 1 aromatic rings. The van der Waals surface area contributed by atoms with Gasteiger partial charge in [-0.3, -0.25) is 10.1 Å². The van der Waals surface area contributed by atoms with Crippen molar-refractivity contribution in [2.24, 2.45) is 52.3 Å². The van der Waals surface area contributed by atoms with Crippen LogP contribution in [0, 0.1) is 62.4 Å². The third kappa shape index (κ3) is 5.21. The molecule has 232 valence electrons. The van der Waals surface area contributed by atoms with Crippen molar-refractivity contribution in [2.45, 2.75) is 104 Å². The number of hydrogen-bond donors (Lipinski definition) is 0. The molecular weight excluding hydrogens is 544 g/mol. The monoisotopic (exact) mass is 596 g/mol. The Kier molecular flexibility index (Phi) is 8.61. The first-order valence-corrected chi connectivity index (χ1v) is 17.8. The molecule has 0 amide bonds. The van der Waals surface area contributed by atoms with Crippen LogP contribution in [0.25, 0.3) is 0 Å². The van der Waals surface area contributed by atoms with Crippen molar-refractivity contribution in [3.8, 4) is 0 Å². The fourth-order valence-electron chi connectivity index (χ4n) is 9.61. The summed E-state index contributed by atoms with van der Waals surface area (Å²) in [6.45, 7) is 14.4. The summed E-state index contributed by atoms with van der Waals surface area (Å²) in [7, 11) is -2.36. The maximum Gasteiger partial charge on any atom is 0.289 e. The molecule has 0 aromatic heterocycles. The van der Waals surface area contributed by atoms with Crippen molar-refractivity contribution in [2.75, 3.05) is 7.05 Å². The summed E-state index contributed by atoms with van der Waals surface area (Å²) in [6, 6.07) is 5.57. The van der Waals surface area contributed by atoms with Gasteiger partial charge in [-0.25, -0.2) is 8.42 Å². The van der Waals surface area contributed by atoms with Crippen LogP contribution in [0.2, 0.25) is 0 Å². The fraction of sp³-hybridized carbons (Fsp3) is 0.714. The van der Waals surface area contributed by atoms with Crippen LogP contribution in [0.3, 0.4) is 0 Å². The molecule has 4 aliphatic rings. The average molecular weight is 597 g/mol. The highest BCUT2D eigenvalue weighted by atomic mass is 32.2. The minimum absolute atomic E-state index is 0.145. The summed E-state index contributed by atoms with van der Waals surface area (Å²) in [5.41, 5.74) is 1.90. The van der Waals surface area contributed by atoms with Gasteiger partial charge < -0.3 is 0 Å². The van der Waals surface area contributed by atoms with Crippen molar-refractivity contribution in [3.05, 3.63) is 58.2 Å². The number of sulfonamides is 1. The van der Waals surface area contributed by atoms with E-state index in [-0.39, 0.29) is 22.0 Å². The second kappa shape index (κ2) is 11.5. The van der Waals surface area contributed by atoms with Gasteiger partial charge in [0.15, 0.2) is 4.90 Å². The summed E-state index contributed by atoms with van der Waals surface area (Å²) in [5, 5.41) is 11.6. The standard InChI is InChI=1S/C35H52N2O4S/c1-23(2)24(3)12-13-25(4)29-16-17-30-28-15-14-26-22-27(18-20-34(26,5)31(28)19-21-35(29,30)6)36(7)42(40,41)33-11-9-8-10-32(33)37(38)39/h8-13,15,23-27,29-31H,14,16-22H2,1-7H3/b13-12+/t24-,25+,26-,27+,29+,30-,31-,34-,35+/m0/s1. The van der Waals surface area contributed by atoms with Crippen molar-refractivity contribution in [1.82, 2.24) is 4.31 Å². The van der Waals surface area contributed by atoms with Crippen molar-refractivity contribution < 1.29 is 13.3 Å². The van der Waals surface area contributed by atoms with E-state index in [1.54, 1.807) is 18.7 Å². The molecule has 6 nitrogen and oxygen atoms in total. The molecule has 0 aliphatic heterocycles. The molecule has 3 saturated carbocycles. The Morgan fingerprint density at radius 3 is 2.33 bits per heavy atom. The van der Waals surface area contributed by atoms with Crippen LogP contribution in [0.15, 0.2) is 53.0 Å². The molecule has 7 heteroatoms. The third-order valence-corrected chi connectivity index (χ3v) is 14.7. The maximum absolute atomic E-state index is 13.6. The number of fused-ring (bicyclic) bond motifs is 5. The Labute approximate surface area is 254 Å². The molecule has 3 fully saturated rings. The van der Waals surface area contributed by atoms with Crippen LogP contribution in [-0.2, 0) is 10.0 Å². The summed E-state index contributed by atoms with van der Waals surface area (Å²) in [6.07, 6.45) is 16.3. The first-order chi connectivity index (χ1) is 19.7. The summed E-state index contributed by atoms with van der Waals surface area (Å²) in [4.78, 5) is 10.8. The van der Waals surface area contributed by atoms with Gasteiger partial charge in [0.2, 0.25) is 10.0 Å². The number of benzene rings is 1. The van der Waals surface area contributed by atoms with Crippen molar-refractivity contribution >= 4 is 15.7 Å². The smallest absolute Gasteiger partial charge is 0.258 e. The third-order valence-electron chi connectivity index (χ3n) is 12.8.